The maximum absolute atomic E-state index is 12.3. The number of rotatable bonds is 12. The molecule has 25 heavy (non-hydrogen) atoms. The van der Waals surface area contributed by atoms with Gasteiger partial charge in [0.05, 0.1) is 17.7 Å². The summed E-state index contributed by atoms with van der Waals surface area (Å²) in [6, 6.07) is 5.12. The highest BCUT2D eigenvalue weighted by Crippen LogP contribution is 2.22. The summed E-state index contributed by atoms with van der Waals surface area (Å²) < 4.78 is 5.29. The number of carboxylic acids is 1. The van der Waals surface area contributed by atoms with Gasteiger partial charge in [-0.1, -0.05) is 71.4 Å². The van der Waals surface area contributed by atoms with E-state index in [4.69, 9.17) is 4.74 Å². The lowest BCUT2D eigenvalue weighted by Crippen LogP contribution is -2.16. The second kappa shape index (κ2) is 11.7. The van der Waals surface area contributed by atoms with E-state index < -0.39 is 11.9 Å². The Morgan fingerprint density at radius 1 is 1.08 bits per heavy atom. The standard InChI is InChI=1S/C21H32O4/c1-4-6-8-9-14-25-21(24)18-13-10-12-17(19(18)20(22)23)15-16(3)11-7-5-2/h10,12-13,16H,4-9,11,14-15H2,1-3H3,(H,22,23). The van der Waals surface area contributed by atoms with E-state index in [2.05, 4.69) is 20.8 Å². The Balaban J connectivity index is 2.83. The molecule has 140 valence electrons. The van der Waals surface area contributed by atoms with Crippen molar-refractivity contribution in [1.82, 2.24) is 0 Å². The quantitative estimate of drug-likeness (QED) is 0.401. The minimum atomic E-state index is -1.06. The molecule has 0 aliphatic carbocycles. The van der Waals surface area contributed by atoms with Crippen LogP contribution in [0.2, 0.25) is 0 Å². The zero-order valence-electron chi connectivity index (χ0n) is 15.8. The van der Waals surface area contributed by atoms with Crippen molar-refractivity contribution in [2.75, 3.05) is 6.61 Å². The van der Waals surface area contributed by atoms with E-state index in [9.17, 15) is 14.7 Å². The predicted molar refractivity (Wildman–Crippen MR) is 100 cm³/mol. The SMILES string of the molecule is CCCCCCOC(=O)c1cccc(CC(C)CCCC)c1C(=O)O. The summed E-state index contributed by atoms with van der Waals surface area (Å²) in [7, 11) is 0. The van der Waals surface area contributed by atoms with Crippen LogP contribution in [0.15, 0.2) is 18.2 Å². The normalized spacial score (nSPS) is 12.0. The number of carboxylic acid groups (broad SMARTS) is 1. The first-order valence-corrected chi connectivity index (χ1v) is 9.53. The third-order valence-corrected chi connectivity index (χ3v) is 4.43. The number of esters is 1. The number of hydrogen-bond acceptors (Lipinski definition) is 3. The molecule has 0 radical (unpaired) electrons. The molecule has 0 aliphatic heterocycles. The lowest BCUT2D eigenvalue weighted by atomic mass is 9.91. The van der Waals surface area contributed by atoms with Crippen molar-refractivity contribution in [3.8, 4) is 0 Å². The molecule has 4 nitrogen and oxygen atoms in total. The van der Waals surface area contributed by atoms with Crippen LogP contribution in [0.1, 0.15) is 92.0 Å². The molecule has 0 aliphatic rings. The first-order valence-electron chi connectivity index (χ1n) is 9.53. The average molecular weight is 348 g/mol. The number of benzene rings is 1. The lowest BCUT2D eigenvalue weighted by Gasteiger charge is -2.15. The smallest absolute Gasteiger partial charge is 0.339 e. The minimum Gasteiger partial charge on any atom is -0.478 e. The zero-order valence-corrected chi connectivity index (χ0v) is 15.8. The molecule has 1 rings (SSSR count). The fraction of sp³-hybridized carbons (Fsp3) is 0.619. The van der Waals surface area contributed by atoms with Crippen molar-refractivity contribution >= 4 is 11.9 Å². The Labute approximate surface area is 151 Å². The van der Waals surface area contributed by atoms with Crippen molar-refractivity contribution in [3.05, 3.63) is 34.9 Å². The van der Waals surface area contributed by atoms with E-state index in [1.807, 2.05) is 6.07 Å². The van der Waals surface area contributed by atoms with Crippen molar-refractivity contribution < 1.29 is 19.4 Å². The Kier molecular flexibility index (Phi) is 9.90. The van der Waals surface area contributed by atoms with E-state index in [1.165, 1.54) is 0 Å². The molecule has 0 saturated carbocycles. The van der Waals surface area contributed by atoms with Gasteiger partial charge in [-0.2, -0.15) is 0 Å². The molecule has 1 unspecified atom stereocenters. The summed E-state index contributed by atoms with van der Waals surface area (Å²) in [5.41, 5.74) is 0.990. The summed E-state index contributed by atoms with van der Waals surface area (Å²) in [6.45, 7) is 6.74. The third-order valence-electron chi connectivity index (χ3n) is 4.43. The van der Waals surface area contributed by atoms with Crippen LogP contribution >= 0.6 is 0 Å². The molecule has 0 bridgehead atoms. The molecule has 1 aromatic rings. The van der Waals surface area contributed by atoms with Crippen LogP contribution in [0, 0.1) is 5.92 Å². The van der Waals surface area contributed by atoms with Gasteiger partial charge in [-0.15, -0.1) is 0 Å². The Morgan fingerprint density at radius 3 is 2.44 bits per heavy atom. The summed E-state index contributed by atoms with van der Waals surface area (Å²) in [4.78, 5) is 24.1. The Hall–Kier alpha value is -1.84. The number of hydrogen-bond donors (Lipinski definition) is 1. The Bertz CT molecular complexity index is 551. The van der Waals surface area contributed by atoms with Crippen molar-refractivity contribution in [2.45, 2.75) is 72.1 Å². The van der Waals surface area contributed by atoms with Crippen molar-refractivity contribution in [2.24, 2.45) is 5.92 Å². The summed E-state index contributed by atoms with van der Waals surface area (Å²) in [5.74, 6) is -1.20. The monoisotopic (exact) mass is 348 g/mol. The van der Waals surface area contributed by atoms with E-state index >= 15 is 0 Å². The largest absolute Gasteiger partial charge is 0.478 e. The van der Waals surface area contributed by atoms with Crippen LogP contribution in [-0.2, 0) is 11.2 Å². The number of unbranched alkanes of at least 4 members (excludes halogenated alkanes) is 4. The van der Waals surface area contributed by atoms with Crippen LogP contribution < -0.4 is 0 Å². The number of carbonyl (C=O) groups is 2. The van der Waals surface area contributed by atoms with Crippen LogP contribution in [0.25, 0.3) is 0 Å². The van der Waals surface area contributed by atoms with Crippen LogP contribution in [0.3, 0.4) is 0 Å². The number of carbonyl (C=O) groups excluding carboxylic acids is 1. The molecule has 0 spiro atoms. The van der Waals surface area contributed by atoms with Gasteiger partial charge in [0.2, 0.25) is 0 Å². The van der Waals surface area contributed by atoms with Gasteiger partial charge < -0.3 is 9.84 Å². The molecule has 0 aromatic heterocycles. The van der Waals surface area contributed by atoms with Gasteiger partial charge in [-0.3, -0.25) is 0 Å². The van der Waals surface area contributed by atoms with E-state index in [0.717, 1.165) is 50.5 Å². The highest BCUT2D eigenvalue weighted by Gasteiger charge is 2.22. The summed E-state index contributed by atoms with van der Waals surface area (Å²) >= 11 is 0. The van der Waals surface area contributed by atoms with Gasteiger partial charge >= 0.3 is 11.9 Å². The molecule has 1 N–H and O–H groups in total. The highest BCUT2D eigenvalue weighted by molar-refractivity contribution is 6.03. The topological polar surface area (TPSA) is 63.6 Å². The molecule has 0 amide bonds. The molecule has 1 aromatic carbocycles. The molecule has 4 heteroatoms. The predicted octanol–water partition coefficient (Wildman–Crippen LogP) is 5.49. The lowest BCUT2D eigenvalue weighted by molar-refractivity contribution is 0.0487. The minimum absolute atomic E-state index is 0.101. The fourth-order valence-electron chi connectivity index (χ4n) is 2.99. The fourth-order valence-corrected chi connectivity index (χ4v) is 2.99. The van der Waals surface area contributed by atoms with Crippen molar-refractivity contribution in [3.63, 3.8) is 0 Å². The van der Waals surface area contributed by atoms with Crippen LogP contribution in [-0.4, -0.2) is 23.7 Å². The molecule has 0 fully saturated rings. The van der Waals surface area contributed by atoms with Crippen molar-refractivity contribution in [1.29, 1.82) is 0 Å². The van der Waals surface area contributed by atoms with Crippen LogP contribution in [0.5, 0.6) is 0 Å². The Morgan fingerprint density at radius 2 is 1.80 bits per heavy atom. The number of aromatic carboxylic acids is 1. The van der Waals surface area contributed by atoms with Gasteiger partial charge in [0.1, 0.15) is 0 Å². The second-order valence-electron chi connectivity index (χ2n) is 6.79. The second-order valence-corrected chi connectivity index (χ2v) is 6.79. The highest BCUT2D eigenvalue weighted by atomic mass is 16.5. The summed E-state index contributed by atoms with van der Waals surface area (Å²) in [6.07, 6.45) is 8.04. The molecular weight excluding hydrogens is 316 g/mol. The molecular formula is C21H32O4. The van der Waals surface area contributed by atoms with Crippen LogP contribution in [0.4, 0.5) is 0 Å². The van der Waals surface area contributed by atoms with E-state index in [-0.39, 0.29) is 11.1 Å². The third kappa shape index (κ3) is 7.29. The molecule has 0 saturated heterocycles. The van der Waals surface area contributed by atoms with Gasteiger partial charge in [-0.25, -0.2) is 9.59 Å². The first-order chi connectivity index (χ1) is 12.0. The number of ether oxygens (including phenoxy) is 1. The first kappa shape index (κ1) is 21.2. The van der Waals surface area contributed by atoms with Gasteiger partial charge in [0.15, 0.2) is 0 Å². The van der Waals surface area contributed by atoms with Gasteiger partial charge in [0, 0.05) is 0 Å². The van der Waals surface area contributed by atoms with Gasteiger partial charge in [0.25, 0.3) is 0 Å². The zero-order chi connectivity index (χ0) is 18.7. The maximum atomic E-state index is 12.3. The molecule has 1 atom stereocenters. The van der Waals surface area contributed by atoms with E-state index in [1.54, 1.807) is 12.1 Å². The summed E-state index contributed by atoms with van der Waals surface area (Å²) in [5, 5.41) is 9.62. The van der Waals surface area contributed by atoms with Gasteiger partial charge in [-0.05, 0) is 30.4 Å². The van der Waals surface area contributed by atoms with E-state index in [0.29, 0.717) is 18.9 Å². The average Bonchev–Trinajstić information content (AvgIpc) is 2.59. The molecule has 0 heterocycles. The maximum Gasteiger partial charge on any atom is 0.339 e.